The number of ketones is 1. The summed E-state index contributed by atoms with van der Waals surface area (Å²) in [5, 5.41) is 3.66. The van der Waals surface area contributed by atoms with Crippen molar-refractivity contribution in [3.63, 3.8) is 0 Å². The second-order valence-electron chi connectivity index (χ2n) is 5.23. The molecule has 1 aromatic carbocycles. The van der Waals surface area contributed by atoms with Crippen molar-refractivity contribution in [1.82, 2.24) is 5.32 Å². The SMILES string of the molecule is CC(=O)CCC(=O)O[C@H](C)C(=O)N[C@@H](C)c1ccc(Cl)cc1Cl. The Morgan fingerprint density at radius 3 is 2.39 bits per heavy atom. The smallest absolute Gasteiger partial charge is 0.307 e. The summed E-state index contributed by atoms with van der Waals surface area (Å²) in [5.41, 5.74) is 0.708. The van der Waals surface area contributed by atoms with Gasteiger partial charge in [0.25, 0.3) is 5.91 Å². The van der Waals surface area contributed by atoms with Crippen LogP contribution in [0.2, 0.25) is 10.0 Å². The van der Waals surface area contributed by atoms with E-state index in [0.29, 0.717) is 15.6 Å². The maximum Gasteiger partial charge on any atom is 0.307 e. The van der Waals surface area contributed by atoms with Gasteiger partial charge >= 0.3 is 5.97 Å². The largest absolute Gasteiger partial charge is 0.453 e. The van der Waals surface area contributed by atoms with Crippen molar-refractivity contribution in [1.29, 1.82) is 0 Å². The van der Waals surface area contributed by atoms with Crippen LogP contribution in [0.1, 0.15) is 45.2 Å². The number of carbonyl (C=O) groups excluding carboxylic acids is 3. The molecule has 0 fully saturated rings. The van der Waals surface area contributed by atoms with Crippen LogP contribution in [0.5, 0.6) is 0 Å². The van der Waals surface area contributed by atoms with Gasteiger partial charge in [0.05, 0.1) is 12.5 Å². The van der Waals surface area contributed by atoms with E-state index in [-0.39, 0.29) is 24.7 Å². The van der Waals surface area contributed by atoms with E-state index in [0.717, 1.165) is 0 Å². The fraction of sp³-hybridized carbons (Fsp3) is 0.438. The zero-order valence-corrected chi connectivity index (χ0v) is 14.7. The van der Waals surface area contributed by atoms with E-state index < -0.39 is 18.0 Å². The molecule has 23 heavy (non-hydrogen) atoms. The van der Waals surface area contributed by atoms with Crippen LogP contribution in [0.15, 0.2) is 18.2 Å². The Morgan fingerprint density at radius 1 is 1.17 bits per heavy atom. The van der Waals surface area contributed by atoms with Crippen LogP contribution >= 0.6 is 23.2 Å². The first-order valence-corrected chi connectivity index (χ1v) is 7.90. The summed E-state index contributed by atoms with van der Waals surface area (Å²) in [4.78, 5) is 34.4. The first kappa shape index (κ1) is 19.5. The van der Waals surface area contributed by atoms with E-state index >= 15 is 0 Å². The maximum absolute atomic E-state index is 12.1. The first-order chi connectivity index (χ1) is 10.7. The lowest BCUT2D eigenvalue weighted by molar-refractivity contribution is -0.155. The molecule has 0 radical (unpaired) electrons. The molecule has 0 saturated carbocycles. The second-order valence-corrected chi connectivity index (χ2v) is 6.07. The predicted molar refractivity (Wildman–Crippen MR) is 88.5 cm³/mol. The third kappa shape index (κ3) is 6.59. The molecule has 1 N–H and O–H groups in total. The Labute approximate surface area is 145 Å². The Balaban J connectivity index is 2.57. The van der Waals surface area contributed by atoms with E-state index in [4.69, 9.17) is 27.9 Å². The molecule has 0 spiro atoms. The number of hydrogen-bond donors (Lipinski definition) is 1. The van der Waals surface area contributed by atoms with E-state index in [2.05, 4.69) is 5.32 Å². The Bertz CT molecular complexity index is 604. The number of carbonyl (C=O) groups is 3. The highest BCUT2D eigenvalue weighted by atomic mass is 35.5. The van der Waals surface area contributed by atoms with Gasteiger partial charge in [-0.05, 0) is 38.5 Å². The molecule has 0 aromatic heterocycles. The van der Waals surface area contributed by atoms with Crippen LogP contribution in [0.25, 0.3) is 0 Å². The summed E-state index contributed by atoms with van der Waals surface area (Å²) in [7, 11) is 0. The molecule has 1 rings (SSSR count). The van der Waals surface area contributed by atoms with Gasteiger partial charge in [0, 0.05) is 16.5 Å². The van der Waals surface area contributed by atoms with Crippen LogP contribution < -0.4 is 5.32 Å². The minimum Gasteiger partial charge on any atom is -0.453 e. The van der Waals surface area contributed by atoms with Crippen molar-refractivity contribution in [2.24, 2.45) is 0 Å². The maximum atomic E-state index is 12.1. The second kappa shape index (κ2) is 8.89. The predicted octanol–water partition coefficient (Wildman–Crippen LogP) is 3.47. The Kier molecular flexibility index (Phi) is 7.52. The monoisotopic (exact) mass is 359 g/mol. The Morgan fingerprint density at radius 2 is 1.83 bits per heavy atom. The summed E-state index contributed by atoms with van der Waals surface area (Å²) in [6.07, 6.45) is -0.891. The summed E-state index contributed by atoms with van der Waals surface area (Å²) in [5.74, 6) is -1.13. The average Bonchev–Trinajstić information content (AvgIpc) is 2.44. The minimum atomic E-state index is -0.956. The highest BCUT2D eigenvalue weighted by Gasteiger charge is 2.21. The molecule has 5 nitrogen and oxygen atoms in total. The molecule has 0 aliphatic heterocycles. The van der Waals surface area contributed by atoms with Crippen LogP contribution in [0, 0.1) is 0 Å². The fourth-order valence-electron chi connectivity index (χ4n) is 1.85. The van der Waals surface area contributed by atoms with E-state index in [1.807, 2.05) is 0 Å². The lowest BCUT2D eigenvalue weighted by atomic mass is 10.1. The highest BCUT2D eigenvalue weighted by molar-refractivity contribution is 6.35. The van der Waals surface area contributed by atoms with Crippen LogP contribution in [-0.4, -0.2) is 23.8 Å². The molecule has 0 saturated heterocycles. The van der Waals surface area contributed by atoms with Gasteiger partial charge in [-0.3, -0.25) is 9.59 Å². The lowest BCUT2D eigenvalue weighted by Crippen LogP contribution is -2.37. The third-order valence-corrected chi connectivity index (χ3v) is 3.71. The number of halogens is 2. The molecule has 0 heterocycles. The minimum absolute atomic E-state index is 0.0362. The van der Waals surface area contributed by atoms with Gasteiger partial charge < -0.3 is 14.8 Å². The summed E-state index contributed by atoms with van der Waals surface area (Å²) < 4.78 is 4.99. The van der Waals surface area contributed by atoms with Gasteiger partial charge in [0.15, 0.2) is 6.10 Å². The molecular weight excluding hydrogens is 341 g/mol. The first-order valence-electron chi connectivity index (χ1n) is 7.15. The van der Waals surface area contributed by atoms with Crippen molar-refractivity contribution < 1.29 is 19.1 Å². The zero-order valence-electron chi connectivity index (χ0n) is 13.2. The standard InChI is InChI=1S/C16H19Cl2NO4/c1-9(20)4-7-15(21)23-11(3)16(22)19-10(2)13-6-5-12(17)8-14(13)18/h5-6,8,10-11H,4,7H2,1-3H3,(H,19,22)/t10-,11+/m0/s1. The molecule has 0 unspecified atom stereocenters. The number of rotatable bonds is 7. The molecule has 0 aliphatic carbocycles. The van der Waals surface area contributed by atoms with Crippen molar-refractivity contribution in [3.05, 3.63) is 33.8 Å². The average molecular weight is 360 g/mol. The van der Waals surface area contributed by atoms with Gasteiger partial charge in [-0.15, -0.1) is 0 Å². The van der Waals surface area contributed by atoms with Crippen LogP contribution in [0.4, 0.5) is 0 Å². The normalized spacial score (nSPS) is 13.1. The van der Waals surface area contributed by atoms with E-state index in [1.165, 1.54) is 13.8 Å². The number of hydrogen-bond acceptors (Lipinski definition) is 4. The van der Waals surface area contributed by atoms with Crippen molar-refractivity contribution >= 4 is 40.9 Å². The fourth-order valence-corrected chi connectivity index (χ4v) is 2.42. The van der Waals surface area contributed by atoms with Gasteiger partial charge in [0.2, 0.25) is 0 Å². The number of ether oxygens (including phenoxy) is 1. The number of benzene rings is 1. The molecule has 126 valence electrons. The quantitative estimate of drug-likeness (QED) is 0.756. The van der Waals surface area contributed by atoms with Crippen molar-refractivity contribution in [2.75, 3.05) is 0 Å². The third-order valence-electron chi connectivity index (χ3n) is 3.15. The van der Waals surface area contributed by atoms with Gasteiger partial charge in [-0.1, -0.05) is 29.3 Å². The van der Waals surface area contributed by atoms with E-state index in [9.17, 15) is 14.4 Å². The molecule has 2 atom stereocenters. The topological polar surface area (TPSA) is 72.5 Å². The van der Waals surface area contributed by atoms with Crippen LogP contribution in [-0.2, 0) is 19.1 Å². The number of amides is 1. The van der Waals surface area contributed by atoms with Crippen molar-refractivity contribution in [2.45, 2.75) is 45.8 Å². The summed E-state index contributed by atoms with van der Waals surface area (Å²) >= 11 is 11.9. The molecule has 1 aromatic rings. The number of esters is 1. The van der Waals surface area contributed by atoms with Crippen molar-refractivity contribution in [3.8, 4) is 0 Å². The molecule has 0 bridgehead atoms. The van der Waals surface area contributed by atoms with Gasteiger partial charge in [-0.2, -0.15) is 0 Å². The molecule has 0 aliphatic rings. The summed E-state index contributed by atoms with van der Waals surface area (Å²) in [6.45, 7) is 4.62. The number of Topliss-reactive ketones (excluding diaryl/α,β-unsaturated/α-hetero) is 1. The van der Waals surface area contributed by atoms with E-state index in [1.54, 1.807) is 25.1 Å². The lowest BCUT2D eigenvalue weighted by Gasteiger charge is -2.19. The number of nitrogens with one attached hydrogen (secondary N) is 1. The van der Waals surface area contributed by atoms with Gasteiger partial charge in [-0.25, -0.2) is 0 Å². The highest BCUT2D eigenvalue weighted by Crippen LogP contribution is 2.26. The van der Waals surface area contributed by atoms with Gasteiger partial charge in [0.1, 0.15) is 5.78 Å². The zero-order chi connectivity index (χ0) is 17.6. The van der Waals surface area contributed by atoms with Crippen LogP contribution in [0.3, 0.4) is 0 Å². The Hall–Kier alpha value is -1.59. The summed E-state index contributed by atoms with van der Waals surface area (Å²) in [6, 6.07) is 4.62. The molecule has 1 amide bonds. The molecular formula is C16H19Cl2NO4. The molecule has 7 heteroatoms.